The molecule has 1 saturated carbocycles. The zero-order valence-electron chi connectivity index (χ0n) is 17.4. The van der Waals surface area contributed by atoms with E-state index in [0.717, 1.165) is 31.9 Å². The van der Waals surface area contributed by atoms with E-state index in [1.165, 1.54) is 51.4 Å². The summed E-state index contributed by atoms with van der Waals surface area (Å²) >= 11 is 0. The van der Waals surface area contributed by atoms with Crippen LogP contribution in [-0.4, -0.2) is 56.5 Å². The summed E-state index contributed by atoms with van der Waals surface area (Å²) in [5.74, 6) is 1.88. The van der Waals surface area contributed by atoms with Gasteiger partial charge in [0, 0.05) is 25.7 Å². The lowest BCUT2D eigenvalue weighted by Crippen LogP contribution is -2.52. The van der Waals surface area contributed by atoms with Crippen LogP contribution < -0.4 is 5.32 Å². The molecule has 1 aliphatic carbocycles. The third kappa shape index (κ3) is 5.85. The van der Waals surface area contributed by atoms with E-state index in [1.807, 2.05) is 0 Å². The molecule has 1 N–H and O–H groups in total. The van der Waals surface area contributed by atoms with E-state index in [1.54, 1.807) is 0 Å². The SMILES string of the molecule is CCC(C)NC(=NCC1CCS(=O)(=O)C1)N1CCCC2(CCCCCC2)C1. The van der Waals surface area contributed by atoms with E-state index < -0.39 is 9.84 Å². The molecular formula is C21H39N3O2S. The van der Waals surface area contributed by atoms with Gasteiger partial charge >= 0.3 is 0 Å². The Labute approximate surface area is 166 Å². The van der Waals surface area contributed by atoms with Gasteiger partial charge in [0.2, 0.25) is 0 Å². The van der Waals surface area contributed by atoms with E-state index in [0.29, 0.717) is 29.5 Å². The molecule has 156 valence electrons. The van der Waals surface area contributed by atoms with E-state index >= 15 is 0 Å². The first-order valence-corrected chi connectivity index (χ1v) is 13.0. The lowest BCUT2D eigenvalue weighted by molar-refractivity contribution is 0.115. The average molecular weight is 398 g/mol. The van der Waals surface area contributed by atoms with Crippen molar-refractivity contribution in [3.8, 4) is 0 Å². The largest absolute Gasteiger partial charge is 0.354 e. The summed E-state index contributed by atoms with van der Waals surface area (Å²) in [6.07, 6.45) is 12.7. The highest BCUT2D eigenvalue weighted by atomic mass is 32.2. The van der Waals surface area contributed by atoms with Crippen molar-refractivity contribution in [2.24, 2.45) is 16.3 Å². The zero-order valence-corrected chi connectivity index (χ0v) is 18.2. The fourth-order valence-electron chi connectivity index (χ4n) is 5.07. The van der Waals surface area contributed by atoms with Crippen molar-refractivity contribution in [3.05, 3.63) is 0 Å². The summed E-state index contributed by atoms with van der Waals surface area (Å²) in [7, 11) is -2.83. The number of piperidine rings is 1. The van der Waals surface area contributed by atoms with Gasteiger partial charge in [-0.25, -0.2) is 8.42 Å². The molecule has 0 aromatic heterocycles. The Morgan fingerprint density at radius 2 is 1.89 bits per heavy atom. The van der Waals surface area contributed by atoms with Crippen molar-refractivity contribution in [2.75, 3.05) is 31.1 Å². The maximum absolute atomic E-state index is 11.8. The number of hydrogen-bond acceptors (Lipinski definition) is 3. The molecule has 27 heavy (non-hydrogen) atoms. The summed E-state index contributed by atoms with van der Waals surface area (Å²) in [6.45, 7) is 7.25. The van der Waals surface area contributed by atoms with Crippen molar-refractivity contribution < 1.29 is 8.42 Å². The monoisotopic (exact) mass is 397 g/mol. The number of rotatable bonds is 4. The van der Waals surface area contributed by atoms with Gasteiger partial charge in [0.1, 0.15) is 0 Å². The Kier molecular flexibility index (Phi) is 7.09. The highest BCUT2D eigenvalue weighted by Crippen LogP contribution is 2.42. The van der Waals surface area contributed by atoms with Crippen molar-refractivity contribution in [1.82, 2.24) is 10.2 Å². The molecule has 2 aliphatic heterocycles. The maximum Gasteiger partial charge on any atom is 0.194 e. The molecule has 0 bridgehead atoms. The number of nitrogens with zero attached hydrogens (tertiary/aromatic N) is 2. The Bertz CT molecular complexity index is 609. The predicted octanol–water partition coefficient (Wildman–Crippen LogP) is 3.60. The average Bonchev–Trinajstić information content (AvgIpc) is 2.85. The molecule has 6 heteroatoms. The number of likely N-dealkylation sites (tertiary alicyclic amines) is 1. The third-order valence-corrected chi connectivity index (χ3v) is 8.78. The second-order valence-electron chi connectivity index (χ2n) is 9.33. The highest BCUT2D eigenvalue weighted by Gasteiger charge is 2.37. The third-order valence-electron chi connectivity index (χ3n) is 6.94. The van der Waals surface area contributed by atoms with Crippen LogP contribution in [0.5, 0.6) is 0 Å². The minimum absolute atomic E-state index is 0.195. The molecule has 2 unspecified atom stereocenters. The molecule has 3 fully saturated rings. The standard InChI is InChI=1S/C21H39N3O2S/c1-3-18(2)23-20(22-15-19-9-14-27(25,26)16-19)24-13-8-12-21(17-24)10-6-4-5-7-11-21/h18-19H,3-17H2,1-2H3,(H,22,23). The molecule has 0 amide bonds. The Morgan fingerprint density at radius 1 is 1.19 bits per heavy atom. The van der Waals surface area contributed by atoms with Gasteiger partial charge in [-0.05, 0) is 56.8 Å². The Hall–Kier alpha value is -0.780. The number of guanidine groups is 1. The fraction of sp³-hybridized carbons (Fsp3) is 0.952. The van der Waals surface area contributed by atoms with Crippen LogP contribution >= 0.6 is 0 Å². The van der Waals surface area contributed by atoms with Crippen LogP contribution in [0.1, 0.15) is 78.1 Å². The number of nitrogens with one attached hydrogen (secondary N) is 1. The Balaban J connectivity index is 1.70. The maximum atomic E-state index is 11.8. The molecule has 2 heterocycles. The molecule has 2 atom stereocenters. The molecule has 3 aliphatic rings. The lowest BCUT2D eigenvalue weighted by Gasteiger charge is -2.44. The minimum Gasteiger partial charge on any atom is -0.354 e. The first-order valence-electron chi connectivity index (χ1n) is 11.2. The van der Waals surface area contributed by atoms with Crippen molar-refractivity contribution >= 4 is 15.8 Å². The molecule has 0 aromatic rings. The molecule has 1 spiro atoms. The first kappa shape index (κ1) is 20.9. The van der Waals surface area contributed by atoms with Crippen LogP contribution in [0.4, 0.5) is 0 Å². The first-order chi connectivity index (χ1) is 12.9. The highest BCUT2D eigenvalue weighted by molar-refractivity contribution is 7.91. The lowest BCUT2D eigenvalue weighted by atomic mass is 9.74. The van der Waals surface area contributed by atoms with Crippen LogP contribution in [0.2, 0.25) is 0 Å². The molecule has 2 saturated heterocycles. The van der Waals surface area contributed by atoms with Crippen molar-refractivity contribution in [3.63, 3.8) is 0 Å². The van der Waals surface area contributed by atoms with E-state index in [9.17, 15) is 8.42 Å². The van der Waals surface area contributed by atoms with Crippen LogP contribution in [0.25, 0.3) is 0 Å². The molecule has 0 aromatic carbocycles. The molecule has 0 radical (unpaired) electrons. The van der Waals surface area contributed by atoms with Crippen molar-refractivity contribution in [1.29, 1.82) is 0 Å². The predicted molar refractivity (Wildman–Crippen MR) is 113 cm³/mol. The molecular weight excluding hydrogens is 358 g/mol. The van der Waals surface area contributed by atoms with Crippen LogP contribution in [0.15, 0.2) is 4.99 Å². The summed E-state index contributed by atoms with van der Waals surface area (Å²) in [5, 5.41) is 3.65. The van der Waals surface area contributed by atoms with Gasteiger partial charge in [-0.15, -0.1) is 0 Å². The number of aliphatic imine (C=N–C) groups is 1. The van der Waals surface area contributed by atoms with Crippen LogP contribution in [-0.2, 0) is 9.84 Å². The van der Waals surface area contributed by atoms with Crippen molar-refractivity contribution in [2.45, 2.75) is 84.1 Å². The molecule has 3 rings (SSSR count). The van der Waals surface area contributed by atoms with Gasteiger partial charge in [0.05, 0.1) is 11.5 Å². The van der Waals surface area contributed by atoms with Gasteiger partial charge < -0.3 is 10.2 Å². The Morgan fingerprint density at radius 3 is 2.52 bits per heavy atom. The van der Waals surface area contributed by atoms with Gasteiger partial charge in [0.25, 0.3) is 0 Å². The summed E-state index contributed by atoms with van der Waals surface area (Å²) < 4.78 is 23.5. The molecule has 5 nitrogen and oxygen atoms in total. The van der Waals surface area contributed by atoms with E-state index in [2.05, 4.69) is 24.1 Å². The van der Waals surface area contributed by atoms with Gasteiger partial charge in [-0.2, -0.15) is 0 Å². The van der Waals surface area contributed by atoms with Gasteiger partial charge in [-0.3, -0.25) is 4.99 Å². The topological polar surface area (TPSA) is 61.8 Å². The second-order valence-corrected chi connectivity index (χ2v) is 11.6. The minimum atomic E-state index is -2.83. The van der Waals surface area contributed by atoms with Gasteiger partial charge in [0.15, 0.2) is 15.8 Å². The summed E-state index contributed by atoms with van der Waals surface area (Å²) in [5.41, 5.74) is 0.476. The normalized spacial score (nSPS) is 29.5. The van der Waals surface area contributed by atoms with E-state index in [-0.39, 0.29) is 5.92 Å². The quantitative estimate of drug-likeness (QED) is 0.581. The summed E-state index contributed by atoms with van der Waals surface area (Å²) in [6, 6.07) is 0.392. The summed E-state index contributed by atoms with van der Waals surface area (Å²) in [4.78, 5) is 7.44. The smallest absolute Gasteiger partial charge is 0.194 e. The van der Waals surface area contributed by atoms with Gasteiger partial charge in [-0.1, -0.05) is 32.6 Å². The number of sulfone groups is 1. The fourth-order valence-corrected chi connectivity index (χ4v) is 6.92. The number of hydrogen-bond donors (Lipinski definition) is 1. The van der Waals surface area contributed by atoms with E-state index in [4.69, 9.17) is 4.99 Å². The van der Waals surface area contributed by atoms with Crippen LogP contribution in [0.3, 0.4) is 0 Å². The zero-order chi connectivity index (χ0) is 19.3. The van der Waals surface area contributed by atoms with Crippen LogP contribution in [0, 0.1) is 11.3 Å². The second kappa shape index (κ2) is 9.15.